The van der Waals surface area contributed by atoms with Crippen molar-refractivity contribution >= 4 is 31.5 Å². The van der Waals surface area contributed by atoms with Crippen LogP contribution in [0.2, 0.25) is 5.02 Å². The molecule has 0 bridgehead atoms. The molecule has 6 nitrogen and oxygen atoms in total. The van der Waals surface area contributed by atoms with Gasteiger partial charge in [0, 0.05) is 32.4 Å². The molecule has 2 rings (SSSR count). The molecule has 1 aromatic carbocycles. The average Bonchev–Trinajstić information content (AvgIpc) is 2.46. The minimum atomic E-state index is -3.80. The minimum Gasteiger partial charge on any atom is -0.301 e. The summed E-state index contributed by atoms with van der Waals surface area (Å²) in [6.45, 7) is 4.94. The van der Waals surface area contributed by atoms with E-state index in [9.17, 15) is 16.8 Å². The highest BCUT2D eigenvalue weighted by Gasteiger charge is 2.30. The smallest absolute Gasteiger partial charge is 0.244 e. The van der Waals surface area contributed by atoms with Gasteiger partial charge in [-0.05, 0) is 24.7 Å². The topological polar surface area (TPSA) is 74.8 Å². The van der Waals surface area contributed by atoms with Gasteiger partial charge in [0.1, 0.15) is 4.90 Å². The van der Waals surface area contributed by atoms with Crippen LogP contribution in [-0.2, 0) is 19.9 Å². The van der Waals surface area contributed by atoms with Crippen LogP contribution in [0.5, 0.6) is 0 Å². The van der Waals surface area contributed by atoms with E-state index in [4.69, 9.17) is 11.6 Å². The maximum atomic E-state index is 12.7. The lowest BCUT2D eigenvalue weighted by Gasteiger charge is -2.33. The van der Waals surface area contributed by atoms with Crippen molar-refractivity contribution in [1.82, 2.24) is 9.21 Å². The number of rotatable bonds is 4. The molecule has 1 fully saturated rings. The molecule has 22 heavy (non-hydrogen) atoms. The van der Waals surface area contributed by atoms with Crippen molar-refractivity contribution in [3.05, 3.63) is 23.2 Å². The van der Waals surface area contributed by atoms with Crippen molar-refractivity contribution in [1.29, 1.82) is 0 Å². The minimum absolute atomic E-state index is 0.0327. The molecule has 124 valence electrons. The molecule has 0 amide bonds. The van der Waals surface area contributed by atoms with Crippen LogP contribution >= 0.6 is 11.6 Å². The lowest BCUT2D eigenvalue weighted by molar-refractivity contribution is 0.196. The first-order chi connectivity index (χ1) is 10.2. The van der Waals surface area contributed by atoms with E-state index in [0.29, 0.717) is 26.2 Å². The Labute approximate surface area is 136 Å². The second-order valence-corrected chi connectivity index (χ2v) is 9.53. The number of likely N-dealkylation sites (N-methyl/N-ethyl adjacent to an activating group) is 1. The second kappa shape index (κ2) is 6.45. The highest BCUT2D eigenvalue weighted by molar-refractivity contribution is 7.91. The van der Waals surface area contributed by atoms with Gasteiger partial charge in [0.25, 0.3) is 0 Å². The SMILES string of the molecule is CCN1CCN(S(=O)(=O)c2cc(S(C)(=O)=O)ccc2Cl)CC1. The van der Waals surface area contributed by atoms with E-state index in [1.165, 1.54) is 16.4 Å². The number of benzene rings is 1. The third kappa shape index (κ3) is 3.62. The van der Waals surface area contributed by atoms with Crippen molar-refractivity contribution in [3.63, 3.8) is 0 Å². The Bertz CT molecular complexity index is 754. The maximum Gasteiger partial charge on any atom is 0.244 e. The Morgan fingerprint density at radius 1 is 1.09 bits per heavy atom. The Morgan fingerprint density at radius 3 is 2.18 bits per heavy atom. The molecular weight excluding hydrogens is 348 g/mol. The lowest BCUT2D eigenvalue weighted by Crippen LogP contribution is -2.48. The number of hydrogen-bond acceptors (Lipinski definition) is 5. The Balaban J connectivity index is 2.38. The molecule has 1 aliphatic rings. The fourth-order valence-electron chi connectivity index (χ4n) is 2.34. The van der Waals surface area contributed by atoms with Crippen LogP contribution in [0.25, 0.3) is 0 Å². The predicted octanol–water partition coefficient (Wildman–Crippen LogP) is 1.07. The highest BCUT2D eigenvalue weighted by Crippen LogP contribution is 2.28. The molecule has 0 aromatic heterocycles. The van der Waals surface area contributed by atoms with Crippen LogP contribution in [0.1, 0.15) is 6.92 Å². The van der Waals surface area contributed by atoms with Crippen molar-refractivity contribution in [3.8, 4) is 0 Å². The van der Waals surface area contributed by atoms with E-state index in [0.717, 1.165) is 18.9 Å². The second-order valence-electron chi connectivity index (χ2n) is 5.20. The van der Waals surface area contributed by atoms with Gasteiger partial charge in [0.05, 0.1) is 9.92 Å². The summed E-state index contributed by atoms with van der Waals surface area (Å²) in [5.74, 6) is 0. The number of sulfonamides is 1. The number of nitrogens with zero attached hydrogens (tertiary/aromatic N) is 2. The summed E-state index contributed by atoms with van der Waals surface area (Å²) in [7, 11) is -7.29. The first-order valence-electron chi connectivity index (χ1n) is 6.88. The fourth-order valence-corrected chi connectivity index (χ4v) is 4.98. The predicted molar refractivity (Wildman–Crippen MR) is 85.4 cm³/mol. The molecule has 1 aliphatic heterocycles. The van der Waals surface area contributed by atoms with E-state index < -0.39 is 19.9 Å². The summed E-state index contributed by atoms with van der Waals surface area (Å²) in [4.78, 5) is 1.95. The Morgan fingerprint density at radius 2 is 1.68 bits per heavy atom. The van der Waals surface area contributed by atoms with Gasteiger partial charge in [0.2, 0.25) is 10.0 Å². The first-order valence-corrected chi connectivity index (χ1v) is 10.6. The van der Waals surface area contributed by atoms with Crippen LogP contribution < -0.4 is 0 Å². The number of piperazine rings is 1. The van der Waals surface area contributed by atoms with Gasteiger partial charge in [-0.25, -0.2) is 16.8 Å². The van der Waals surface area contributed by atoms with Crippen molar-refractivity contribution in [2.75, 3.05) is 39.0 Å². The number of halogens is 1. The molecule has 0 saturated carbocycles. The molecular formula is C13H19ClN2O4S2. The van der Waals surface area contributed by atoms with Crippen LogP contribution in [0.15, 0.2) is 28.0 Å². The summed E-state index contributed by atoms with van der Waals surface area (Å²) in [6.07, 6.45) is 1.03. The monoisotopic (exact) mass is 366 g/mol. The Kier molecular flexibility index (Phi) is 5.18. The van der Waals surface area contributed by atoms with Crippen molar-refractivity contribution in [2.45, 2.75) is 16.7 Å². The summed E-state index contributed by atoms with van der Waals surface area (Å²) in [6, 6.07) is 3.76. The molecule has 0 aliphatic carbocycles. The third-order valence-electron chi connectivity index (χ3n) is 3.73. The molecule has 1 heterocycles. The van der Waals surface area contributed by atoms with Gasteiger partial charge < -0.3 is 4.90 Å². The molecule has 0 atom stereocenters. The Hall–Kier alpha value is -0.670. The van der Waals surface area contributed by atoms with Gasteiger partial charge in [-0.1, -0.05) is 18.5 Å². The van der Waals surface area contributed by atoms with Crippen LogP contribution in [0.4, 0.5) is 0 Å². The average molecular weight is 367 g/mol. The van der Waals surface area contributed by atoms with E-state index in [1.807, 2.05) is 6.92 Å². The van der Waals surface area contributed by atoms with E-state index in [2.05, 4.69) is 4.90 Å². The van der Waals surface area contributed by atoms with Crippen LogP contribution in [-0.4, -0.2) is 65.0 Å². The van der Waals surface area contributed by atoms with Gasteiger partial charge >= 0.3 is 0 Å². The summed E-state index contributed by atoms with van der Waals surface area (Å²) in [5, 5.41) is 0.0327. The molecule has 1 saturated heterocycles. The number of sulfone groups is 1. The van der Waals surface area contributed by atoms with E-state index in [1.54, 1.807) is 0 Å². The van der Waals surface area contributed by atoms with Crippen LogP contribution in [0.3, 0.4) is 0 Å². The third-order valence-corrected chi connectivity index (χ3v) is 7.22. The van der Waals surface area contributed by atoms with Gasteiger partial charge in [0.15, 0.2) is 9.84 Å². The number of hydrogen-bond donors (Lipinski definition) is 0. The summed E-state index contributed by atoms with van der Waals surface area (Å²) >= 11 is 5.99. The molecule has 1 aromatic rings. The zero-order valence-electron chi connectivity index (χ0n) is 12.5. The zero-order valence-corrected chi connectivity index (χ0v) is 14.9. The van der Waals surface area contributed by atoms with Gasteiger partial charge in [-0.2, -0.15) is 4.31 Å². The van der Waals surface area contributed by atoms with Gasteiger partial charge in [-0.3, -0.25) is 0 Å². The summed E-state index contributed by atoms with van der Waals surface area (Å²) < 4.78 is 50.0. The standard InChI is InChI=1S/C13H19ClN2O4S2/c1-3-15-6-8-16(9-7-15)22(19,20)13-10-11(21(2,17)18)4-5-12(13)14/h4-5,10H,3,6-9H2,1-2H3. The maximum absolute atomic E-state index is 12.7. The van der Waals surface area contributed by atoms with Crippen LogP contribution in [0, 0.1) is 0 Å². The molecule has 0 unspecified atom stereocenters. The normalized spacial score (nSPS) is 18.5. The quantitative estimate of drug-likeness (QED) is 0.796. The molecule has 0 radical (unpaired) electrons. The molecule has 0 N–H and O–H groups in total. The fraction of sp³-hybridized carbons (Fsp3) is 0.538. The lowest BCUT2D eigenvalue weighted by atomic mass is 10.4. The zero-order chi connectivity index (χ0) is 16.5. The van der Waals surface area contributed by atoms with Crippen molar-refractivity contribution < 1.29 is 16.8 Å². The van der Waals surface area contributed by atoms with E-state index in [-0.39, 0.29) is 14.8 Å². The van der Waals surface area contributed by atoms with Crippen molar-refractivity contribution in [2.24, 2.45) is 0 Å². The highest BCUT2D eigenvalue weighted by atomic mass is 35.5. The van der Waals surface area contributed by atoms with E-state index >= 15 is 0 Å². The summed E-state index contributed by atoms with van der Waals surface area (Å²) in [5.41, 5.74) is 0. The van der Waals surface area contributed by atoms with Gasteiger partial charge in [-0.15, -0.1) is 0 Å². The molecule has 0 spiro atoms. The first kappa shape index (κ1) is 17.7. The largest absolute Gasteiger partial charge is 0.301 e. The molecule has 9 heteroatoms.